The number of nitrogens with zero attached hydrogens (tertiary/aromatic N) is 2. The molecule has 2 aromatic rings. The molecule has 0 aliphatic carbocycles. The van der Waals surface area contributed by atoms with Crippen molar-refractivity contribution in [3.05, 3.63) is 53.6 Å². The number of hydrogen-bond acceptors (Lipinski definition) is 7. The minimum Gasteiger partial charge on any atom is -0.493 e. The Hall–Kier alpha value is -2.94. The van der Waals surface area contributed by atoms with Crippen molar-refractivity contribution in [2.75, 3.05) is 52.1 Å². The predicted octanol–water partition coefficient (Wildman–Crippen LogP) is 1.80. The van der Waals surface area contributed by atoms with Crippen LogP contribution in [-0.4, -0.2) is 68.9 Å². The fraction of sp³-hybridized carbons (Fsp3) is 0.391. The van der Waals surface area contributed by atoms with Crippen LogP contribution in [-0.2, 0) is 15.1 Å². The van der Waals surface area contributed by atoms with Crippen LogP contribution < -0.4 is 14.4 Å². The van der Waals surface area contributed by atoms with E-state index in [0.717, 1.165) is 0 Å². The van der Waals surface area contributed by atoms with E-state index in [2.05, 4.69) is 4.90 Å². The molecule has 164 valence electrons. The SMILES string of the molecule is COc1ccc(C(=O)C[C@@]2(O)C(=O)N(CN3CCOCC3)c3ccccc32)cc1OC. The predicted molar refractivity (Wildman–Crippen MR) is 114 cm³/mol. The van der Waals surface area contributed by atoms with Crippen LogP contribution >= 0.6 is 0 Å². The smallest absolute Gasteiger partial charge is 0.265 e. The number of ether oxygens (including phenoxy) is 3. The molecule has 1 fully saturated rings. The third-order valence-electron chi connectivity index (χ3n) is 5.81. The van der Waals surface area contributed by atoms with Gasteiger partial charge in [-0.25, -0.2) is 0 Å². The highest BCUT2D eigenvalue weighted by molar-refractivity contribution is 6.10. The van der Waals surface area contributed by atoms with Crippen LogP contribution in [0, 0.1) is 0 Å². The van der Waals surface area contributed by atoms with Crippen molar-refractivity contribution in [2.24, 2.45) is 0 Å². The molecule has 1 amide bonds. The quantitative estimate of drug-likeness (QED) is 0.676. The first-order chi connectivity index (χ1) is 15.0. The fourth-order valence-corrected chi connectivity index (χ4v) is 4.10. The summed E-state index contributed by atoms with van der Waals surface area (Å²) in [5.74, 6) is 0.0537. The lowest BCUT2D eigenvalue weighted by Gasteiger charge is -2.31. The van der Waals surface area contributed by atoms with Gasteiger partial charge >= 0.3 is 0 Å². The van der Waals surface area contributed by atoms with Crippen molar-refractivity contribution in [3.8, 4) is 11.5 Å². The first-order valence-corrected chi connectivity index (χ1v) is 10.2. The minimum atomic E-state index is -1.92. The number of morpholine rings is 1. The summed E-state index contributed by atoms with van der Waals surface area (Å²) in [7, 11) is 3.00. The van der Waals surface area contributed by atoms with Crippen molar-refractivity contribution in [2.45, 2.75) is 12.0 Å². The standard InChI is InChI=1S/C23H26N2O6/c1-29-20-8-7-16(13-21(20)30-2)19(26)14-23(28)17-5-3-4-6-18(17)25(22(23)27)15-24-9-11-31-12-10-24/h3-8,13,28H,9-12,14-15H2,1-2H3/t23-/m0/s1. The maximum absolute atomic E-state index is 13.4. The van der Waals surface area contributed by atoms with Gasteiger partial charge < -0.3 is 19.3 Å². The summed E-state index contributed by atoms with van der Waals surface area (Å²) < 4.78 is 15.9. The van der Waals surface area contributed by atoms with Crippen molar-refractivity contribution >= 4 is 17.4 Å². The highest BCUT2D eigenvalue weighted by Gasteiger charge is 2.51. The first kappa shape index (κ1) is 21.3. The Morgan fingerprint density at radius 2 is 1.81 bits per heavy atom. The normalized spacial score (nSPS) is 21.1. The largest absolute Gasteiger partial charge is 0.493 e. The summed E-state index contributed by atoms with van der Waals surface area (Å²) in [6.45, 7) is 2.95. The Morgan fingerprint density at radius 3 is 2.52 bits per heavy atom. The van der Waals surface area contributed by atoms with E-state index in [1.54, 1.807) is 41.3 Å². The molecule has 8 nitrogen and oxygen atoms in total. The van der Waals surface area contributed by atoms with Crippen LogP contribution in [0.15, 0.2) is 42.5 Å². The Balaban J connectivity index is 1.61. The summed E-state index contributed by atoms with van der Waals surface area (Å²) in [4.78, 5) is 30.1. The average molecular weight is 426 g/mol. The van der Waals surface area contributed by atoms with Gasteiger partial charge in [-0.1, -0.05) is 18.2 Å². The average Bonchev–Trinajstić information content (AvgIpc) is 3.01. The van der Waals surface area contributed by atoms with Crippen molar-refractivity contribution in [3.63, 3.8) is 0 Å². The third-order valence-corrected chi connectivity index (χ3v) is 5.81. The molecule has 31 heavy (non-hydrogen) atoms. The van der Waals surface area contributed by atoms with Gasteiger partial charge in [0.1, 0.15) is 0 Å². The number of carbonyl (C=O) groups excluding carboxylic acids is 2. The van der Waals surface area contributed by atoms with Gasteiger partial charge in [-0.15, -0.1) is 0 Å². The molecule has 1 saturated heterocycles. The van der Waals surface area contributed by atoms with Gasteiger partial charge in [0, 0.05) is 24.2 Å². The molecule has 0 spiro atoms. The van der Waals surface area contributed by atoms with Crippen LogP contribution in [0.2, 0.25) is 0 Å². The Morgan fingerprint density at radius 1 is 1.10 bits per heavy atom. The third kappa shape index (κ3) is 3.89. The Labute approximate surface area is 180 Å². The van der Waals surface area contributed by atoms with Gasteiger partial charge in [0.15, 0.2) is 22.9 Å². The summed E-state index contributed by atoms with van der Waals surface area (Å²) in [6, 6.07) is 11.9. The summed E-state index contributed by atoms with van der Waals surface area (Å²) in [5.41, 5.74) is -0.515. The number of methoxy groups -OCH3 is 2. The zero-order valence-corrected chi connectivity index (χ0v) is 17.7. The molecule has 2 heterocycles. The second-order valence-corrected chi connectivity index (χ2v) is 7.65. The molecular formula is C23H26N2O6. The van der Waals surface area contributed by atoms with Gasteiger partial charge in [0.2, 0.25) is 0 Å². The number of ketones is 1. The molecule has 8 heteroatoms. The number of benzene rings is 2. The van der Waals surface area contributed by atoms with Gasteiger partial charge in [-0.05, 0) is 24.3 Å². The Kier molecular flexibility index (Phi) is 5.95. The van der Waals surface area contributed by atoms with E-state index in [1.165, 1.54) is 14.2 Å². The maximum atomic E-state index is 13.4. The van der Waals surface area contributed by atoms with Crippen LogP contribution in [0.1, 0.15) is 22.3 Å². The molecule has 4 rings (SSSR count). The molecule has 0 saturated carbocycles. The minimum absolute atomic E-state index is 0.336. The van der Waals surface area contributed by atoms with Gasteiger partial charge in [-0.3, -0.25) is 19.4 Å². The fourth-order valence-electron chi connectivity index (χ4n) is 4.10. The lowest BCUT2D eigenvalue weighted by Crippen LogP contribution is -2.49. The molecule has 1 atom stereocenters. The molecule has 0 bridgehead atoms. The zero-order valence-electron chi connectivity index (χ0n) is 17.7. The number of para-hydroxylation sites is 1. The first-order valence-electron chi connectivity index (χ1n) is 10.2. The van der Waals surface area contributed by atoms with E-state index in [9.17, 15) is 14.7 Å². The van der Waals surface area contributed by atoms with Gasteiger partial charge in [-0.2, -0.15) is 0 Å². The monoisotopic (exact) mass is 426 g/mol. The molecule has 2 aliphatic rings. The number of aliphatic hydroxyl groups is 1. The summed E-state index contributed by atoms with van der Waals surface area (Å²) in [5, 5.41) is 11.5. The van der Waals surface area contributed by atoms with Crippen molar-refractivity contribution < 1.29 is 28.9 Å². The van der Waals surface area contributed by atoms with Gasteiger partial charge in [0.25, 0.3) is 5.91 Å². The lowest BCUT2D eigenvalue weighted by molar-refractivity contribution is -0.136. The number of fused-ring (bicyclic) bond motifs is 1. The molecule has 1 N–H and O–H groups in total. The van der Waals surface area contributed by atoms with E-state index < -0.39 is 11.5 Å². The van der Waals surface area contributed by atoms with Crippen molar-refractivity contribution in [1.29, 1.82) is 0 Å². The van der Waals surface area contributed by atoms with E-state index in [4.69, 9.17) is 14.2 Å². The topological polar surface area (TPSA) is 88.5 Å². The van der Waals surface area contributed by atoms with Crippen LogP contribution in [0.5, 0.6) is 11.5 Å². The molecule has 0 radical (unpaired) electrons. The lowest BCUT2D eigenvalue weighted by atomic mass is 9.88. The maximum Gasteiger partial charge on any atom is 0.265 e. The van der Waals surface area contributed by atoms with Gasteiger partial charge in [0.05, 0.1) is 46.2 Å². The number of Topliss-reactive ketones (excluding diaryl/α,β-unsaturated/α-hetero) is 1. The number of rotatable bonds is 7. The van der Waals surface area contributed by atoms with E-state index >= 15 is 0 Å². The van der Waals surface area contributed by atoms with Crippen molar-refractivity contribution in [1.82, 2.24) is 4.90 Å². The molecule has 2 aliphatic heterocycles. The van der Waals surface area contributed by atoms with Crippen LogP contribution in [0.25, 0.3) is 0 Å². The zero-order chi connectivity index (χ0) is 22.0. The van der Waals surface area contributed by atoms with E-state index in [1.807, 2.05) is 6.07 Å². The molecule has 2 aromatic carbocycles. The van der Waals surface area contributed by atoms with Crippen LogP contribution in [0.4, 0.5) is 5.69 Å². The number of carbonyl (C=O) groups is 2. The van der Waals surface area contributed by atoms with E-state index in [-0.39, 0.29) is 12.2 Å². The number of hydrogen-bond donors (Lipinski definition) is 1. The molecule has 0 unspecified atom stereocenters. The number of anilines is 1. The second kappa shape index (κ2) is 8.66. The Bertz CT molecular complexity index is 988. The summed E-state index contributed by atoms with van der Waals surface area (Å²) in [6.07, 6.45) is -0.363. The summed E-state index contributed by atoms with van der Waals surface area (Å²) >= 11 is 0. The van der Waals surface area contributed by atoms with Crippen LogP contribution in [0.3, 0.4) is 0 Å². The number of amides is 1. The molecule has 0 aromatic heterocycles. The molecular weight excluding hydrogens is 400 g/mol. The highest BCUT2D eigenvalue weighted by Crippen LogP contribution is 2.43. The highest BCUT2D eigenvalue weighted by atomic mass is 16.5. The van der Waals surface area contributed by atoms with E-state index in [0.29, 0.717) is 61.3 Å². The second-order valence-electron chi connectivity index (χ2n) is 7.65.